The molecule has 0 atom stereocenters. The molecule has 22 heavy (non-hydrogen) atoms. The van der Waals surface area contributed by atoms with Gasteiger partial charge in [-0.05, 0) is 19.5 Å². The fourth-order valence-corrected chi connectivity index (χ4v) is 2.95. The second kappa shape index (κ2) is 8.03. The molecule has 0 bridgehead atoms. The first-order chi connectivity index (χ1) is 10.2. The number of unbranched alkanes of at least 4 members (excludes halogenated alkanes) is 2. The average molecular weight is 342 g/mol. The van der Waals surface area contributed by atoms with Crippen molar-refractivity contribution in [3.8, 4) is 0 Å². The molecule has 0 aliphatic rings. The van der Waals surface area contributed by atoms with E-state index in [-0.39, 0.29) is 0 Å². The molecule has 0 N–H and O–H groups in total. The number of benzene rings is 1. The van der Waals surface area contributed by atoms with E-state index in [9.17, 15) is 22.0 Å². The van der Waals surface area contributed by atoms with E-state index in [0.29, 0.717) is 6.61 Å². The monoisotopic (exact) mass is 342 g/mol. The Kier molecular flexibility index (Phi) is 6.95. The number of hydrogen-bond donors (Lipinski definition) is 0. The van der Waals surface area contributed by atoms with Crippen LogP contribution in [-0.4, -0.2) is 15.2 Å². The minimum atomic E-state index is -2.70. The lowest BCUT2D eigenvalue weighted by atomic mass is 10.2. The molecule has 1 rings (SSSR count). The highest BCUT2D eigenvalue weighted by Gasteiger charge is 2.29. The second-order valence-electron chi connectivity index (χ2n) is 5.29. The van der Waals surface area contributed by atoms with Crippen LogP contribution >= 0.6 is 0 Å². The maximum Gasteiger partial charge on any atom is 0.332 e. The lowest BCUT2D eigenvalue weighted by Gasteiger charge is -2.23. The summed E-state index contributed by atoms with van der Waals surface area (Å²) in [4.78, 5) is 0. The first-order valence-electron chi connectivity index (χ1n) is 6.99. The fourth-order valence-electron chi connectivity index (χ4n) is 1.73. The van der Waals surface area contributed by atoms with Gasteiger partial charge in [0.25, 0.3) is 0 Å². The third-order valence-electron chi connectivity index (χ3n) is 3.06. The van der Waals surface area contributed by atoms with Crippen LogP contribution in [0.5, 0.6) is 0 Å². The maximum absolute atomic E-state index is 13.5. The predicted molar refractivity (Wildman–Crippen MR) is 74.0 cm³/mol. The van der Waals surface area contributed by atoms with E-state index in [1.807, 2.05) is 6.92 Å². The van der Waals surface area contributed by atoms with Gasteiger partial charge in [0.05, 0.1) is 12.2 Å². The predicted octanol–water partition coefficient (Wildman–Crippen LogP) is 4.81. The van der Waals surface area contributed by atoms with Crippen molar-refractivity contribution in [3.63, 3.8) is 0 Å². The summed E-state index contributed by atoms with van der Waals surface area (Å²) in [6, 6.07) is 0. The van der Waals surface area contributed by atoms with Crippen LogP contribution in [0, 0.1) is 29.1 Å². The molecule has 0 aliphatic heterocycles. The van der Waals surface area contributed by atoms with Gasteiger partial charge in [-0.15, -0.1) is 0 Å². The molecule has 0 amide bonds. The van der Waals surface area contributed by atoms with Crippen LogP contribution in [0.25, 0.3) is 0 Å². The van der Waals surface area contributed by atoms with Gasteiger partial charge in [0, 0.05) is 6.61 Å². The zero-order chi connectivity index (χ0) is 16.9. The molecule has 1 aromatic rings. The zero-order valence-corrected chi connectivity index (χ0v) is 13.7. The standard InChI is InChI=1S/C14H19F5O2Si/c1-4-5-6-7-20-22(2,3)21-8-9-10(15)12(17)14(19)13(18)11(9)16/h4-8H2,1-3H3. The molecule has 126 valence electrons. The largest absolute Gasteiger partial charge is 0.395 e. The Bertz CT molecular complexity index is 493. The van der Waals surface area contributed by atoms with Crippen molar-refractivity contribution >= 4 is 8.56 Å². The van der Waals surface area contributed by atoms with E-state index in [1.165, 1.54) is 0 Å². The third kappa shape index (κ3) is 4.75. The van der Waals surface area contributed by atoms with E-state index < -0.39 is 49.8 Å². The van der Waals surface area contributed by atoms with Gasteiger partial charge >= 0.3 is 8.56 Å². The third-order valence-corrected chi connectivity index (χ3v) is 4.80. The van der Waals surface area contributed by atoms with Gasteiger partial charge in [0.2, 0.25) is 5.82 Å². The van der Waals surface area contributed by atoms with Crippen LogP contribution in [0.2, 0.25) is 13.1 Å². The molecular formula is C14H19F5O2Si. The van der Waals surface area contributed by atoms with Gasteiger partial charge < -0.3 is 8.85 Å². The molecule has 0 unspecified atom stereocenters. The number of halogens is 5. The highest BCUT2D eigenvalue weighted by molar-refractivity contribution is 6.64. The van der Waals surface area contributed by atoms with Crippen LogP contribution in [0.4, 0.5) is 22.0 Å². The Hall–Kier alpha value is -0.993. The quantitative estimate of drug-likeness (QED) is 0.222. The normalized spacial score (nSPS) is 12.0. The van der Waals surface area contributed by atoms with Crippen LogP contribution < -0.4 is 0 Å². The van der Waals surface area contributed by atoms with Crippen molar-refractivity contribution < 1.29 is 30.8 Å². The van der Waals surface area contributed by atoms with Gasteiger partial charge in [0.1, 0.15) is 0 Å². The number of rotatable bonds is 8. The molecule has 2 nitrogen and oxygen atoms in total. The molecule has 1 aromatic carbocycles. The SMILES string of the molecule is CCCCCO[Si](C)(C)OCc1c(F)c(F)c(F)c(F)c1F. The minimum absolute atomic E-state index is 0.435. The second-order valence-corrected chi connectivity index (χ2v) is 8.67. The van der Waals surface area contributed by atoms with Gasteiger partial charge in [-0.2, -0.15) is 0 Å². The van der Waals surface area contributed by atoms with Crippen molar-refractivity contribution in [3.05, 3.63) is 34.6 Å². The number of hydrogen-bond acceptors (Lipinski definition) is 2. The first kappa shape index (κ1) is 19.1. The lowest BCUT2D eigenvalue weighted by Crippen LogP contribution is -2.35. The Balaban J connectivity index is 2.75. The lowest BCUT2D eigenvalue weighted by molar-refractivity contribution is 0.163. The Labute approximate surface area is 127 Å². The Morgan fingerprint density at radius 1 is 0.773 bits per heavy atom. The fraction of sp³-hybridized carbons (Fsp3) is 0.571. The van der Waals surface area contributed by atoms with Gasteiger partial charge in [0.15, 0.2) is 23.3 Å². The van der Waals surface area contributed by atoms with E-state index in [0.717, 1.165) is 19.3 Å². The maximum atomic E-state index is 13.5. The summed E-state index contributed by atoms with van der Waals surface area (Å²) in [5.41, 5.74) is -0.978. The zero-order valence-electron chi connectivity index (χ0n) is 12.7. The van der Waals surface area contributed by atoms with Crippen molar-refractivity contribution in [2.75, 3.05) is 6.61 Å². The van der Waals surface area contributed by atoms with Gasteiger partial charge in [-0.25, -0.2) is 22.0 Å². The van der Waals surface area contributed by atoms with Gasteiger partial charge in [-0.3, -0.25) is 0 Å². The molecular weight excluding hydrogens is 323 g/mol. The molecule has 0 aliphatic carbocycles. The van der Waals surface area contributed by atoms with E-state index in [1.54, 1.807) is 13.1 Å². The van der Waals surface area contributed by atoms with E-state index in [4.69, 9.17) is 8.85 Å². The molecule has 0 fully saturated rings. The summed E-state index contributed by atoms with van der Waals surface area (Å²) in [5, 5.41) is 0. The molecule has 0 saturated carbocycles. The van der Waals surface area contributed by atoms with Crippen LogP contribution in [-0.2, 0) is 15.5 Å². The summed E-state index contributed by atoms with van der Waals surface area (Å²) >= 11 is 0. The topological polar surface area (TPSA) is 18.5 Å². The summed E-state index contributed by atoms with van der Waals surface area (Å²) in [6.45, 7) is 5.03. The summed E-state index contributed by atoms with van der Waals surface area (Å²) in [6.07, 6.45) is 2.80. The van der Waals surface area contributed by atoms with Crippen LogP contribution in [0.15, 0.2) is 0 Å². The van der Waals surface area contributed by atoms with Crippen molar-refractivity contribution in [2.24, 2.45) is 0 Å². The first-order valence-corrected chi connectivity index (χ1v) is 9.81. The smallest absolute Gasteiger partial charge is 0.332 e. The Morgan fingerprint density at radius 3 is 1.77 bits per heavy atom. The molecule has 0 aromatic heterocycles. The molecule has 0 spiro atoms. The average Bonchev–Trinajstić information content (AvgIpc) is 2.47. The van der Waals surface area contributed by atoms with Crippen molar-refractivity contribution in [2.45, 2.75) is 45.9 Å². The minimum Gasteiger partial charge on any atom is -0.395 e. The summed E-state index contributed by atoms with van der Waals surface area (Å²) in [7, 11) is -2.70. The molecule has 0 heterocycles. The summed E-state index contributed by atoms with van der Waals surface area (Å²) < 4.78 is 76.9. The van der Waals surface area contributed by atoms with E-state index >= 15 is 0 Å². The summed E-state index contributed by atoms with van der Waals surface area (Å²) in [5.74, 6) is -9.85. The van der Waals surface area contributed by atoms with E-state index in [2.05, 4.69) is 0 Å². The highest BCUT2D eigenvalue weighted by Crippen LogP contribution is 2.24. The molecule has 0 radical (unpaired) electrons. The van der Waals surface area contributed by atoms with Crippen LogP contribution in [0.3, 0.4) is 0 Å². The Morgan fingerprint density at radius 2 is 1.27 bits per heavy atom. The molecule has 8 heteroatoms. The molecule has 0 saturated heterocycles. The van der Waals surface area contributed by atoms with Crippen LogP contribution in [0.1, 0.15) is 31.7 Å². The highest BCUT2D eigenvalue weighted by atomic mass is 28.4. The van der Waals surface area contributed by atoms with Crippen molar-refractivity contribution in [1.82, 2.24) is 0 Å². The van der Waals surface area contributed by atoms with Gasteiger partial charge in [-0.1, -0.05) is 19.8 Å². The van der Waals surface area contributed by atoms with Crippen molar-refractivity contribution in [1.29, 1.82) is 0 Å².